The number of fused-ring (bicyclic) bond motifs is 4. The van der Waals surface area contributed by atoms with E-state index in [1.54, 1.807) is 0 Å². The molecule has 0 radical (unpaired) electrons. The molecule has 6 nitrogen and oxygen atoms in total. The quantitative estimate of drug-likeness (QED) is 0.0906. The fraction of sp³-hybridized carbons (Fsp3) is 0.165. The highest BCUT2D eigenvalue weighted by Crippen LogP contribution is 2.59. The van der Waals surface area contributed by atoms with Crippen LogP contribution >= 0.6 is 107 Å². The van der Waals surface area contributed by atoms with Crippen LogP contribution in [0.4, 0.5) is 34.1 Å². The molecule has 13 heteroatoms. The summed E-state index contributed by atoms with van der Waals surface area (Å²) in [5.74, 6) is 2.56. The van der Waals surface area contributed by atoms with E-state index in [4.69, 9.17) is 9.47 Å². The highest BCUT2D eigenvalue weighted by atomic mass is 79.9. The molecule has 1 aliphatic rings. The highest BCUT2D eigenvalue weighted by molar-refractivity contribution is 9.11. The number of aryl methyl sites for hydroxylation is 2. The molecule has 12 aromatic rings. The molecular formula is C79H68Br6N4O2S. The maximum Gasteiger partial charge on any atom is 0.161 e. The molecule has 0 saturated heterocycles. The number of nitrogens with zero attached hydrogens (tertiary/aromatic N) is 4. The molecule has 2 atom stereocenters. The molecule has 0 bridgehead atoms. The Bertz CT molecular complexity index is 4240. The molecule has 0 spiro atoms. The lowest BCUT2D eigenvalue weighted by atomic mass is 9.66. The lowest BCUT2D eigenvalue weighted by Crippen LogP contribution is -2.30. The van der Waals surface area contributed by atoms with Crippen LogP contribution in [0.3, 0.4) is 0 Å². The van der Waals surface area contributed by atoms with Crippen molar-refractivity contribution in [3.05, 3.63) is 303 Å². The Morgan fingerprint density at radius 1 is 0.402 bits per heavy atom. The second-order valence-corrected chi connectivity index (χ2v) is 29.0. The zero-order valence-corrected chi connectivity index (χ0v) is 62.2. The van der Waals surface area contributed by atoms with Crippen molar-refractivity contribution in [1.29, 1.82) is 0 Å². The molecule has 0 aliphatic heterocycles. The van der Waals surface area contributed by atoms with Gasteiger partial charge in [0.1, 0.15) is 11.0 Å². The Balaban J connectivity index is 0.000000161. The van der Waals surface area contributed by atoms with Crippen LogP contribution in [0, 0.1) is 25.7 Å². The molecule has 13 rings (SSSR count). The molecule has 1 aliphatic carbocycles. The standard InChI is InChI=1S/C37H40Br2O2.C36H26Br2N2.C6H2Br2N2S/c1-7-23(3)21-40-35-16-11-27(18-36(35)41-22-24(4)8-2)37(32-17-25(5)9-10-26(32)6)33-19-28(38)12-14-30(33)31-15-13-29(39)20-34(31)37;37-29-15-23-35(24-16-29)39(31-7-3-1-4-8-31)33-19-11-27(12-20-33)28-13-21-34(22-14-28)40(32-9-5-2-6-10-32)36-25-17-30(38)18-26-36;7-3-1-2-4(8)6-5(3)9-11-10-6/h9-20,23-24H,7-8,21-22H2,1-6H3;1-26H;1-2H. The summed E-state index contributed by atoms with van der Waals surface area (Å²) in [4.78, 5) is 4.55. The molecule has 1 heterocycles. The molecule has 0 N–H and O–H groups in total. The molecule has 1 aromatic heterocycles. The maximum atomic E-state index is 6.57. The summed E-state index contributed by atoms with van der Waals surface area (Å²) in [5, 5.41) is 0. The van der Waals surface area contributed by atoms with Crippen molar-refractivity contribution in [3.8, 4) is 33.8 Å². The third kappa shape index (κ3) is 15.0. The number of hydrogen-bond donors (Lipinski definition) is 0. The van der Waals surface area contributed by atoms with Gasteiger partial charge in [0.15, 0.2) is 11.5 Å². The Morgan fingerprint density at radius 3 is 1.24 bits per heavy atom. The van der Waals surface area contributed by atoms with Gasteiger partial charge >= 0.3 is 0 Å². The van der Waals surface area contributed by atoms with Gasteiger partial charge in [-0.1, -0.05) is 207 Å². The van der Waals surface area contributed by atoms with Gasteiger partial charge in [-0.25, -0.2) is 0 Å². The number of hydrogen-bond acceptors (Lipinski definition) is 7. The number of para-hydroxylation sites is 2. The second kappa shape index (κ2) is 30.6. The van der Waals surface area contributed by atoms with Gasteiger partial charge in [0.2, 0.25) is 0 Å². The van der Waals surface area contributed by atoms with Crippen LogP contribution in [0.2, 0.25) is 0 Å². The van der Waals surface area contributed by atoms with Crippen molar-refractivity contribution in [2.45, 2.75) is 59.8 Å². The molecule has 11 aromatic carbocycles. The monoisotopic (exact) mass is 1610 g/mol. The molecule has 464 valence electrons. The van der Waals surface area contributed by atoms with Gasteiger partial charge in [0.05, 0.1) is 30.4 Å². The van der Waals surface area contributed by atoms with Gasteiger partial charge in [0.25, 0.3) is 0 Å². The first-order chi connectivity index (χ1) is 44.6. The van der Waals surface area contributed by atoms with Gasteiger partial charge in [-0.3, -0.25) is 0 Å². The molecule has 0 fully saturated rings. The topological polar surface area (TPSA) is 50.7 Å². The maximum absolute atomic E-state index is 6.57. The predicted molar refractivity (Wildman–Crippen MR) is 408 cm³/mol. The Labute approximate surface area is 596 Å². The predicted octanol–water partition coefficient (Wildman–Crippen LogP) is 26.1. The van der Waals surface area contributed by atoms with Crippen molar-refractivity contribution in [2.75, 3.05) is 23.0 Å². The average Bonchev–Trinajstić information content (AvgIpc) is 1.51. The zero-order valence-electron chi connectivity index (χ0n) is 51.9. The molecule has 2 unspecified atom stereocenters. The van der Waals surface area contributed by atoms with Crippen LogP contribution in [0.15, 0.2) is 269 Å². The first-order valence-electron chi connectivity index (χ1n) is 30.7. The number of ether oxygens (including phenoxy) is 2. The minimum atomic E-state index is -0.530. The minimum absolute atomic E-state index is 0.453. The number of anilines is 6. The van der Waals surface area contributed by atoms with E-state index in [2.05, 4.69) is 374 Å². The summed E-state index contributed by atoms with van der Waals surface area (Å²) in [7, 11) is 0. The first kappa shape index (κ1) is 66.8. The zero-order chi connectivity index (χ0) is 64.5. The normalized spacial score (nSPS) is 12.5. The van der Waals surface area contributed by atoms with E-state index in [-0.39, 0.29) is 0 Å². The Morgan fingerprint density at radius 2 is 0.804 bits per heavy atom. The third-order valence-corrected chi connectivity index (χ3v) is 20.6. The molecule has 0 saturated carbocycles. The van der Waals surface area contributed by atoms with Gasteiger partial charge in [0, 0.05) is 61.0 Å². The van der Waals surface area contributed by atoms with Crippen molar-refractivity contribution in [1.82, 2.24) is 8.75 Å². The van der Waals surface area contributed by atoms with Crippen molar-refractivity contribution >= 4 is 152 Å². The van der Waals surface area contributed by atoms with E-state index in [1.165, 1.54) is 67.4 Å². The van der Waals surface area contributed by atoms with Gasteiger partial charge in [-0.2, -0.15) is 8.75 Å². The fourth-order valence-corrected chi connectivity index (χ4v) is 14.4. The number of halogens is 6. The summed E-state index contributed by atoms with van der Waals surface area (Å²) >= 11 is 22.8. The number of rotatable bonds is 17. The van der Waals surface area contributed by atoms with Gasteiger partial charge < -0.3 is 19.3 Å². The summed E-state index contributed by atoms with van der Waals surface area (Å²) in [6.45, 7) is 14.6. The Kier molecular flexibility index (Phi) is 22.2. The van der Waals surface area contributed by atoms with E-state index in [9.17, 15) is 0 Å². The molecule has 0 amide bonds. The third-order valence-electron chi connectivity index (χ3n) is 16.8. The SMILES string of the molecule is Brc1ccc(Br)c2nsnc12.Brc1ccc(N(c2ccccc2)c2ccc(-c3ccc(N(c4ccccc4)c4ccc(Br)cc4)cc3)cc2)cc1.CCC(C)COc1ccc(C2(c3cc(C)ccc3C)c3cc(Br)ccc3-c3ccc(Br)cc32)cc1OCC(C)CC. The number of benzene rings is 11. The van der Waals surface area contributed by atoms with Gasteiger partial charge in [-0.05, 0) is 253 Å². The largest absolute Gasteiger partial charge is 0.489 e. The lowest BCUT2D eigenvalue weighted by molar-refractivity contribution is 0.217. The average molecular weight is 1620 g/mol. The van der Waals surface area contributed by atoms with Crippen molar-refractivity contribution in [2.24, 2.45) is 11.8 Å². The summed E-state index contributed by atoms with van der Waals surface area (Å²) in [5.41, 5.74) is 20.4. The van der Waals surface area contributed by atoms with Gasteiger partial charge in [-0.15, -0.1) is 0 Å². The summed E-state index contributed by atoms with van der Waals surface area (Å²) < 4.78 is 27.5. The van der Waals surface area contributed by atoms with Crippen LogP contribution in [0.1, 0.15) is 73.9 Å². The van der Waals surface area contributed by atoms with Crippen LogP contribution in [0.5, 0.6) is 11.5 Å². The smallest absolute Gasteiger partial charge is 0.161 e. The van der Waals surface area contributed by atoms with E-state index in [0.717, 1.165) is 96.3 Å². The summed E-state index contributed by atoms with van der Waals surface area (Å²) in [6, 6.07) is 86.1. The summed E-state index contributed by atoms with van der Waals surface area (Å²) in [6.07, 6.45) is 2.15. The van der Waals surface area contributed by atoms with Crippen LogP contribution in [-0.4, -0.2) is 22.0 Å². The molecule has 92 heavy (non-hydrogen) atoms. The molecular weight excluding hydrogens is 1550 g/mol. The van der Waals surface area contributed by atoms with Crippen LogP contribution in [-0.2, 0) is 5.41 Å². The van der Waals surface area contributed by atoms with Crippen molar-refractivity contribution < 1.29 is 9.47 Å². The first-order valence-corrected chi connectivity index (χ1v) is 36.2. The lowest BCUT2D eigenvalue weighted by Gasteiger charge is -2.36. The van der Waals surface area contributed by atoms with Crippen molar-refractivity contribution in [3.63, 3.8) is 0 Å². The van der Waals surface area contributed by atoms with E-state index >= 15 is 0 Å². The van der Waals surface area contributed by atoms with E-state index in [1.807, 2.05) is 24.3 Å². The van der Waals surface area contributed by atoms with Crippen LogP contribution < -0.4 is 19.3 Å². The second-order valence-electron chi connectivity index (χ2n) is 23.1. The Hall–Kier alpha value is -6.68. The fourth-order valence-electron chi connectivity index (χ4n) is 11.5. The van der Waals surface area contributed by atoms with E-state index in [0.29, 0.717) is 25.0 Å². The van der Waals surface area contributed by atoms with E-state index < -0.39 is 5.41 Å². The minimum Gasteiger partial charge on any atom is -0.489 e. The highest BCUT2D eigenvalue weighted by Gasteiger charge is 2.47. The number of aromatic nitrogens is 2. The van der Waals surface area contributed by atoms with Crippen LogP contribution in [0.25, 0.3) is 33.3 Å².